The van der Waals surface area contributed by atoms with Crippen LogP contribution in [0.25, 0.3) is 0 Å². The van der Waals surface area contributed by atoms with E-state index >= 15 is 0 Å². The van der Waals surface area contributed by atoms with Gasteiger partial charge in [-0.1, -0.05) is 12.1 Å². The minimum absolute atomic E-state index is 0.160. The van der Waals surface area contributed by atoms with Crippen molar-refractivity contribution in [1.82, 2.24) is 19.6 Å². The summed E-state index contributed by atoms with van der Waals surface area (Å²) in [7, 11) is -3.70. The molecule has 0 aliphatic carbocycles. The number of sulfonamides is 1. The molecule has 0 spiro atoms. The van der Waals surface area contributed by atoms with Crippen LogP contribution >= 0.6 is 0 Å². The number of rotatable bonds is 4. The van der Waals surface area contributed by atoms with Crippen LogP contribution in [-0.2, 0) is 27.8 Å². The maximum absolute atomic E-state index is 12.3. The van der Waals surface area contributed by atoms with Gasteiger partial charge in [0.2, 0.25) is 15.9 Å². The van der Waals surface area contributed by atoms with Crippen LogP contribution in [0.1, 0.15) is 16.8 Å². The van der Waals surface area contributed by atoms with E-state index in [9.17, 15) is 13.2 Å². The molecule has 0 saturated heterocycles. The van der Waals surface area contributed by atoms with Crippen LogP contribution in [0.5, 0.6) is 0 Å². The van der Waals surface area contributed by atoms with Crippen molar-refractivity contribution < 1.29 is 13.2 Å². The van der Waals surface area contributed by atoms with Gasteiger partial charge in [-0.15, -0.1) is 0 Å². The Balaban J connectivity index is 1.64. The predicted octanol–water partition coefficient (Wildman–Crippen LogP) is 0.648. The second kappa shape index (κ2) is 6.66. The lowest BCUT2D eigenvalue weighted by Gasteiger charge is -2.27. The van der Waals surface area contributed by atoms with Crippen LogP contribution in [0, 0.1) is 6.92 Å². The fourth-order valence-corrected chi connectivity index (χ4v) is 3.69. The SMILES string of the molecule is Cc1cccc(S(=O)(=O)NCC(=O)N2CCc3ncncc3C2)c1. The van der Waals surface area contributed by atoms with Crippen molar-refractivity contribution in [2.75, 3.05) is 13.1 Å². The number of aryl methyl sites for hydroxylation is 1. The molecule has 0 unspecified atom stereocenters. The van der Waals surface area contributed by atoms with Gasteiger partial charge in [0.25, 0.3) is 0 Å². The van der Waals surface area contributed by atoms with Crippen molar-refractivity contribution in [3.05, 3.63) is 53.6 Å². The number of carbonyl (C=O) groups excluding carboxylic acids is 1. The van der Waals surface area contributed by atoms with Gasteiger partial charge in [0.15, 0.2) is 0 Å². The highest BCUT2D eigenvalue weighted by Gasteiger charge is 2.23. The van der Waals surface area contributed by atoms with Crippen molar-refractivity contribution >= 4 is 15.9 Å². The smallest absolute Gasteiger partial charge is 0.241 e. The molecule has 126 valence electrons. The predicted molar refractivity (Wildman–Crippen MR) is 87.5 cm³/mol. The first kappa shape index (κ1) is 16.5. The minimum Gasteiger partial charge on any atom is -0.337 e. The van der Waals surface area contributed by atoms with Gasteiger partial charge >= 0.3 is 0 Å². The van der Waals surface area contributed by atoms with Gasteiger partial charge in [0.05, 0.1) is 17.1 Å². The number of fused-ring (bicyclic) bond motifs is 1. The summed E-state index contributed by atoms with van der Waals surface area (Å²) in [6.45, 7) is 2.48. The van der Waals surface area contributed by atoms with E-state index in [1.54, 1.807) is 23.2 Å². The summed E-state index contributed by atoms with van der Waals surface area (Å²) in [6, 6.07) is 6.57. The fraction of sp³-hybridized carbons (Fsp3) is 0.312. The van der Waals surface area contributed by atoms with Gasteiger partial charge in [-0.05, 0) is 24.6 Å². The van der Waals surface area contributed by atoms with Crippen LogP contribution in [0.4, 0.5) is 0 Å². The number of nitrogens with one attached hydrogen (secondary N) is 1. The number of aromatic nitrogens is 2. The molecule has 0 saturated carbocycles. The monoisotopic (exact) mass is 346 g/mol. The lowest BCUT2D eigenvalue weighted by atomic mass is 10.1. The van der Waals surface area contributed by atoms with Crippen molar-refractivity contribution in [3.8, 4) is 0 Å². The molecular weight excluding hydrogens is 328 g/mol. The Morgan fingerprint density at radius 3 is 3.00 bits per heavy atom. The molecule has 2 heterocycles. The molecule has 7 nitrogen and oxygen atoms in total. The standard InChI is InChI=1S/C16H18N4O3S/c1-12-3-2-4-14(7-12)24(22,23)19-9-16(21)20-6-5-15-13(10-20)8-17-11-18-15/h2-4,7-8,11,19H,5-6,9-10H2,1H3. The molecule has 2 aromatic rings. The Labute approximate surface area is 140 Å². The van der Waals surface area contributed by atoms with E-state index in [1.165, 1.54) is 12.4 Å². The van der Waals surface area contributed by atoms with E-state index in [4.69, 9.17) is 0 Å². The lowest BCUT2D eigenvalue weighted by Crippen LogP contribution is -2.42. The van der Waals surface area contributed by atoms with Crippen molar-refractivity contribution in [1.29, 1.82) is 0 Å². The molecule has 8 heteroatoms. The third-order valence-electron chi connectivity index (χ3n) is 3.93. The normalized spacial score (nSPS) is 14.3. The van der Waals surface area contributed by atoms with E-state index in [0.717, 1.165) is 16.8 Å². The molecule has 0 radical (unpaired) electrons. The van der Waals surface area contributed by atoms with Gasteiger partial charge in [0.1, 0.15) is 6.33 Å². The molecule has 0 fully saturated rings. The van der Waals surface area contributed by atoms with Crippen LogP contribution in [-0.4, -0.2) is 42.3 Å². The second-order valence-electron chi connectivity index (χ2n) is 5.70. The summed E-state index contributed by atoms with van der Waals surface area (Å²) in [6.07, 6.45) is 3.83. The maximum atomic E-state index is 12.3. The zero-order valence-electron chi connectivity index (χ0n) is 13.3. The van der Waals surface area contributed by atoms with Gasteiger partial charge in [-0.25, -0.2) is 23.1 Å². The van der Waals surface area contributed by atoms with Crippen molar-refractivity contribution in [2.24, 2.45) is 0 Å². The maximum Gasteiger partial charge on any atom is 0.241 e. The molecule has 1 aromatic heterocycles. The number of hydrogen-bond acceptors (Lipinski definition) is 5. The number of hydrogen-bond donors (Lipinski definition) is 1. The Hall–Kier alpha value is -2.32. The Kier molecular flexibility index (Phi) is 4.59. The number of nitrogens with zero attached hydrogens (tertiary/aromatic N) is 3. The average molecular weight is 346 g/mol. The fourth-order valence-electron chi connectivity index (χ4n) is 2.61. The zero-order chi connectivity index (χ0) is 17.2. The highest BCUT2D eigenvalue weighted by molar-refractivity contribution is 7.89. The Morgan fingerprint density at radius 1 is 1.38 bits per heavy atom. The van der Waals surface area contributed by atoms with Crippen molar-refractivity contribution in [3.63, 3.8) is 0 Å². The van der Waals surface area contributed by atoms with E-state index in [2.05, 4.69) is 14.7 Å². The van der Waals surface area contributed by atoms with Gasteiger partial charge in [-0.3, -0.25) is 4.79 Å². The molecule has 0 bridgehead atoms. The van der Waals surface area contributed by atoms with E-state index in [-0.39, 0.29) is 17.3 Å². The molecule has 1 aromatic carbocycles. The highest BCUT2D eigenvalue weighted by atomic mass is 32.2. The molecule has 1 aliphatic rings. The highest BCUT2D eigenvalue weighted by Crippen LogP contribution is 2.15. The molecule has 24 heavy (non-hydrogen) atoms. The van der Waals surface area contributed by atoms with Crippen LogP contribution in [0.3, 0.4) is 0 Å². The number of benzene rings is 1. The Bertz CT molecular complexity index is 867. The third kappa shape index (κ3) is 3.60. The topological polar surface area (TPSA) is 92.3 Å². The van der Waals surface area contributed by atoms with Gasteiger partial charge in [0, 0.05) is 31.3 Å². The molecule has 1 aliphatic heterocycles. The largest absolute Gasteiger partial charge is 0.337 e. The summed E-state index contributed by atoms with van der Waals surface area (Å²) >= 11 is 0. The second-order valence-corrected chi connectivity index (χ2v) is 7.47. The quantitative estimate of drug-likeness (QED) is 0.877. The average Bonchev–Trinajstić information content (AvgIpc) is 2.59. The van der Waals surface area contributed by atoms with E-state index in [1.807, 2.05) is 13.0 Å². The molecule has 3 rings (SSSR count). The van der Waals surface area contributed by atoms with Gasteiger partial charge < -0.3 is 4.90 Å². The number of carbonyl (C=O) groups is 1. The summed E-state index contributed by atoms with van der Waals surface area (Å²) in [5, 5.41) is 0. The Morgan fingerprint density at radius 2 is 2.21 bits per heavy atom. The first-order valence-electron chi connectivity index (χ1n) is 7.57. The molecular formula is C16H18N4O3S. The van der Waals surface area contributed by atoms with Crippen molar-refractivity contribution in [2.45, 2.75) is 24.8 Å². The third-order valence-corrected chi connectivity index (χ3v) is 5.33. The van der Waals surface area contributed by atoms with E-state index in [0.29, 0.717) is 19.5 Å². The van der Waals surface area contributed by atoms with Gasteiger partial charge in [-0.2, -0.15) is 0 Å². The molecule has 1 N–H and O–H groups in total. The summed E-state index contributed by atoms with van der Waals surface area (Å²) < 4.78 is 26.9. The molecule has 1 amide bonds. The molecule has 0 atom stereocenters. The van der Waals surface area contributed by atoms with E-state index < -0.39 is 10.0 Å². The van der Waals surface area contributed by atoms with Crippen LogP contribution in [0.15, 0.2) is 41.7 Å². The number of amides is 1. The first-order valence-corrected chi connectivity index (χ1v) is 9.06. The summed E-state index contributed by atoms with van der Waals surface area (Å²) in [5.41, 5.74) is 2.69. The summed E-state index contributed by atoms with van der Waals surface area (Å²) in [4.78, 5) is 22.2. The minimum atomic E-state index is -3.70. The zero-order valence-corrected chi connectivity index (χ0v) is 14.1. The van der Waals surface area contributed by atoms with Crippen LogP contribution in [0.2, 0.25) is 0 Å². The lowest BCUT2D eigenvalue weighted by molar-refractivity contribution is -0.130. The summed E-state index contributed by atoms with van der Waals surface area (Å²) in [5.74, 6) is -0.263. The first-order chi connectivity index (χ1) is 11.5. The van der Waals surface area contributed by atoms with Crippen LogP contribution < -0.4 is 4.72 Å².